The summed E-state index contributed by atoms with van der Waals surface area (Å²) in [4.78, 5) is 53.9. The zero-order chi connectivity index (χ0) is 92.1. The average Bonchev–Trinajstić information content (AvgIpc) is 1.51. The highest BCUT2D eigenvalue weighted by Gasteiger charge is 2.29. The van der Waals surface area contributed by atoms with Crippen molar-refractivity contribution in [2.45, 2.75) is 142 Å². The van der Waals surface area contributed by atoms with Crippen LogP contribution < -0.4 is 22.1 Å². The third-order valence-corrected chi connectivity index (χ3v) is 27.4. The number of aliphatic hydroxyl groups excluding tert-OH is 1. The summed E-state index contributed by atoms with van der Waals surface area (Å²) in [6.45, 7) is 2.70. The summed E-state index contributed by atoms with van der Waals surface area (Å²) in [5, 5.41) is 86.1. The molecule has 5 aliphatic rings. The van der Waals surface area contributed by atoms with E-state index in [0.717, 1.165) is 216 Å². The van der Waals surface area contributed by atoms with Crippen LogP contribution in [0.2, 0.25) is 0 Å². The number of hydrogen-bond donors (Lipinski definition) is 14. The predicted molar refractivity (Wildman–Crippen MR) is 547 cm³/mol. The first-order valence-electron chi connectivity index (χ1n) is 46.5. The number of H-pyrrole nitrogens is 5. The van der Waals surface area contributed by atoms with Gasteiger partial charge in [-0.05, 0) is 317 Å². The molecule has 0 saturated heterocycles. The molecule has 0 fully saturated rings. The number of anilines is 2. The van der Waals surface area contributed by atoms with E-state index in [1.807, 2.05) is 128 Å². The lowest BCUT2D eigenvalue weighted by Gasteiger charge is -2.23. The molecule has 26 heteroatoms. The maximum absolute atomic E-state index is 11.3. The number of aliphatic hydroxyl groups is 1. The SMILES string of the molecule is CC(=O)Nc1ccc(-c2[nH]c3ccc4nccc4c3c3c2CCCC3)cc1.CC(=O)Nc1ccc(-c2nc3ccc4[nH]ncc4c3c3c2CCCC3)cc1.Cl.N=C(CO)c1n[nH]c2ccc3nc(-c4ccc(O)cc4)c4c(c3c12)CCCC4.N=C(N)c1ccc(-c2[nH]c3ccc4nccc4c3c3c2CCCC3)cc1.NC(=NO)c1ccc(-c2nc3ccc4[nH]ncc4c3c3c2CCCC3)cc1. The minimum atomic E-state index is -0.350. The van der Waals surface area contributed by atoms with Gasteiger partial charge in [0.05, 0.1) is 85.9 Å². The smallest absolute Gasteiger partial charge is 0.221 e. The number of amides is 2. The zero-order valence-electron chi connectivity index (χ0n) is 75.4. The minimum absolute atomic E-state index is 0. The fourth-order valence-corrected chi connectivity index (χ4v) is 21.2. The van der Waals surface area contributed by atoms with Crippen molar-refractivity contribution in [2.75, 3.05) is 17.2 Å². The maximum Gasteiger partial charge on any atom is 0.221 e. The number of aryl methyl sites for hydroxylation is 5. The van der Waals surface area contributed by atoms with Gasteiger partial charge in [-0.25, -0.2) is 15.0 Å². The summed E-state index contributed by atoms with van der Waals surface area (Å²) in [6.07, 6.45) is 30.1. The summed E-state index contributed by atoms with van der Waals surface area (Å²) < 4.78 is 0. The number of nitrogens with zero attached hydrogens (tertiary/aromatic N) is 9. The number of nitrogen functional groups attached to an aromatic ring is 1. The number of carbonyl (C=O) groups is 2. The second kappa shape index (κ2) is 37.7. The van der Waals surface area contributed by atoms with Gasteiger partial charge >= 0.3 is 0 Å². The quantitative estimate of drug-likeness (QED) is 0.0248. The molecular weight excluding hydrogens is 1720 g/mol. The van der Waals surface area contributed by atoms with Gasteiger partial charge < -0.3 is 52.9 Å². The van der Waals surface area contributed by atoms with Crippen LogP contribution in [0.15, 0.2) is 224 Å². The van der Waals surface area contributed by atoms with Crippen LogP contribution in [0, 0.1) is 10.8 Å². The zero-order valence-corrected chi connectivity index (χ0v) is 76.2. The molecule has 0 bridgehead atoms. The Morgan fingerprint density at radius 2 is 0.735 bits per heavy atom. The lowest BCUT2D eigenvalue weighted by atomic mass is 9.85. The van der Waals surface area contributed by atoms with E-state index < -0.39 is 0 Å². The molecule has 0 aliphatic heterocycles. The maximum atomic E-state index is 11.3. The number of pyridine rings is 5. The fourth-order valence-electron chi connectivity index (χ4n) is 21.2. The Hall–Kier alpha value is -15.9. The summed E-state index contributed by atoms with van der Waals surface area (Å²) in [6, 6.07) is 63.8. The molecule has 0 atom stereocenters. The van der Waals surface area contributed by atoms with Crippen molar-refractivity contribution in [2.24, 2.45) is 16.6 Å². The number of amidine groups is 2. The molecular formula is C110H101ClN20O5. The highest BCUT2D eigenvalue weighted by Crippen LogP contribution is 2.46. The first-order valence-corrected chi connectivity index (χ1v) is 46.5. The van der Waals surface area contributed by atoms with Crippen LogP contribution in [0.3, 0.4) is 0 Å². The summed E-state index contributed by atoms with van der Waals surface area (Å²) in [5.41, 5.74) is 50.0. The van der Waals surface area contributed by atoms with Crippen LogP contribution in [0.5, 0.6) is 5.75 Å². The second-order valence-electron chi connectivity index (χ2n) is 35.7. The van der Waals surface area contributed by atoms with Crippen molar-refractivity contribution in [3.63, 3.8) is 0 Å². The number of phenols is 1. The molecule has 10 aromatic carbocycles. The molecule has 25 nitrogen and oxygen atoms in total. The highest BCUT2D eigenvalue weighted by molar-refractivity contribution is 6.19. The standard InChI is InChI=1S/C23H21N3O.C22H20N4O2.C22H20N4O.C22H20N4.C21H19N5O.ClH/c1-14(27)25-16-8-6-15(7-9-16)23-18-5-3-2-4-17(18)22-19-12-13-24-20(19)10-11-21(22)26-23;23-16(11-27)22-20-18(25-26-22)10-9-17-19(20)14-3-1-2-4-15(14)21(24-17)12-5-7-13(28)8-6-12;1-13(27)24-15-8-6-14(7-9-15)22-17-5-3-2-4-16(17)21-18-12-23-26-19(18)10-11-20(21)25-22;23-22(24)14-7-5-13(6-8-14)21-16-4-2-1-3-15(16)20-17-11-12-25-18(17)9-10-19(20)26-21;22-21(26-27)13-7-5-12(6-8-13)20-15-4-2-1-3-14(15)19-16-11-23-25-17(16)9-10-18(19)24-20;/h6-13,26H,2-5H2,1H3,(H,25,27);5-10,23,27-28H,1-4,11H2,(H,25,26);6-12H,2-5H2,1H3,(H,23,26)(H,24,27);5-12,26H,1-4H2,(H3,23,24);5-11,27H,1-4H2,(H2,22,26)(H,23,25);1H. The number of nitrogens with one attached hydrogen (secondary N) is 9. The molecule has 20 aromatic rings. The number of benzene rings is 10. The molecule has 678 valence electrons. The normalized spacial score (nSPS) is 13.8. The fraction of sp³-hybridized carbons (Fsp3) is 0.209. The van der Waals surface area contributed by atoms with Gasteiger partial charge in [-0.2, -0.15) is 15.3 Å². The number of halogens is 1. The number of rotatable bonds is 11. The molecule has 16 N–H and O–H groups in total. The first kappa shape index (κ1) is 88.1. The second-order valence-corrected chi connectivity index (χ2v) is 35.7. The van der Waals surface area contributed by atoms with Crippen molar-refractivity contribution in [3.05, 3.63) is 291 Å². The molecule has 0 radical (unpaired) electrons. The minimum Gasteiger partial charge on any atom is -0.508 e. The monoisotopic (exact) mass is 1820 g/mol. The molecule has 5 aliphatic carbocycles. The van der Waals surface area contributed by atoms with E-state index in [9.17, 15) is 19.8 Å². The van der Waals surface area contributed by atoms with Crippen LogP contribution in [-0.4, -0.2) is 117 Å². The molecule has 25 rings (SSSR count). The third kappa shape index (κ3) is 16.7. The third-order valence-electron chi connectivity index (χ3n) is 27.4. The summed E-state index contributed by atoms with van der Waals surface area (Å²) in [5.74, 6) is 0.341. The van der Waals surface area contributed by atoms with Crippen LogP contribution in [0.4, 0.5) is 11.4 Å². The predicted octanol–water partition coefficient (Wildman–Crippen LogP) is 22.3. The molecule has 10 heterocycles. The number of aromatic amines is 5. The van der Waals surface area contributed by atoms with Crippen molar-refractivity contribution in [3.8, 4) is 62.0 Å². The van der Waals surface area contributed by atoms with E-state index >= 15 is 0 Å². The number of hydrogen-bond acceptors (Lipinski definition) is 16. The van der Waals surface area contributed by atoms with E-state index in [0.29, 0.717) is 11.3 Å². The van der Waals surface area contributed by atoms with Gasteiger partial charge in [0.1, 0.15) is 17.3 Å². The van der Waals surface area contributed by atoms with Crippen LogP contribution in [0.1, 0.15) is 151 Å². The van der Waals surface area contributed by atoms with Gasteiger partial charge in [-0.1, -0.05) is 78.0 Å². The van der Waals surface area contributed by atoms with E-state index in [1.165, 1.54) is 165 Å². The Balaban J connectivity index is 0.000000105. The number of carbonyl (C=O) groups excluding carboxylic acids is 2. The molecule has 0 saturated carbocycles. The largest absolute Gasteiger partial charge is 0.508 e. The number of aromatic hydroxyl groups is 1. The Morgan fingerprint density at radius 1 is 0.382 bits per heavy atom. The molecule has 2 amide bonds. The lowest BCUT2D eigenvalue weighted by molar-refractivity contribution is -0.115. The number of fused-ring (bicyclic) bond motifs is 25. The van der Waals surface area contributed by atoms with E-state index in [2.05, 4.69) is 145 Å². The number of phenolic OH excluding ortho intramolecular Hbond substituents is 1. The van der Waals surface area contributed by atoms with Gasteiger partial charge in [-0.3, -0.25) is 40.3 Å². The number of nitrogens with two attached hydrogens (primary N) is 2. The number of oxime groups is 1. The first-order chi connectivity index (χ1) is 66.1. The van der Waals surface area contributed by atoms with Crippen molar-refractivity contribution < 1.29 is 25.0 Å². The summed E-state index contributed by atoms with van der Waals surface area (Å²) in [7, 11) is 0. The molecule has 10 aromatic heterocycles. The van der Waals surface area contributed by atoms with Gasteiger partial charge in [-0.15, -0.1) is 12.4 Å². The Labute approximate surface area is 788 Å². The topological polar surface area (TPSA) is 413 Å². The average molecular weight is 1820 g/mol. The van der Waals surface area contributed by atoms with Crippen molar-refractivity contribution >= 4 is 162 Å². The van der Waals surface area contributed by atoms with Crippen LogP contribution >= 0.6 is 12.4 Å². The van der Waals surface area contributed by atoms with Gasteiger partial charge in [0, 0.05) is 142 Å². The van der Waals surface area contributed by atoms with E-state index in [4.69, 9.17) is 42.4 Å². The Morgan fingerprint density at radius 3 is 1.15 bits per heavy atom. The van der Waals surface area contributed by atoms with Gasteiger partial charge in [0.2, 0.25) is 11.8 Å². The Bertz CT molecular complexity index is 7950. The van der Waals surface area contributed by atoms with E-state index in [-0.39, 0.29) is 54.0 Å². The number of aromatic nitrogens is 13. The highest BCUT2D eigenvalue weighted by atomic mass is 35.5. The Kier molecular flexibility index (Phi) is 24.4. The van der Waals surface area contributed by atoms with Gasteiger partial charge in [0.15, 0.2) is 5.84 Å². The van der Waals surface area contributed by atoms with Crippen molar-refractivity contribution in [1.82, 2.24) is 65.5 Å². The van der Waals surface area contributed by atoms with Crippen LogP contribution in [-0.2, 0) is 73.8 Å². The van der Waals surface area contributed by atoms with E-state index in [1.54, 1.807) is 12.1 Å². The summed E-state index contributed by atoms with van der Waals surface area (Å²) >= 11 is 0. The molecule has 0 spiro atoms. The van der Waals surface area contributed by atoms with Crippen LogP contribution in [0.25, 0.3) is 165 Å². The van der Waals surface area contributed by atoms with Crippen molar-refractivity contribution in [1.29, 1.82) is 10.8 Å². The lowest BCUT2D eigenvalue weighted by Crippen LogP contribution is -2.12. The van der Waals surface area contributed by atoms with Gasteiger partial charge in [0.25, 0.3) is 0 Å². The molecule has 0 unspecified atom stereocenters. The molecule has 136 heavy (non-hydrogen) atoms.